The minimum absolute atomic E-state index is 0.0893. The van der Waals surface area contributed by atoms with Gasteiger partial charge in [-0.2, -0.15) is 0 Å². The molecule has 35 heavy (non-hydrogen) atoms. The van der Waals surface area contributed by atoms with Crippen LogP contribution < -0.4 is 0 Å². The van der Waals surface area contributed by atoms with Crippen LogP contribution in [0.15, 0.2) is 22.8 Å². The maximum atomic E-state index is 13.3. The third-order valence-electron chi connectivity index (χ3n) is 7.45. The lowest BCUT2D eigenvalue weighted by molar-refractivity contribution is -0.156. The van der Waals surface area contributed by atoms with Gasteiger partial charge in [-0.25, -0.2) is 0 Å². The normalized spacial score (nSPS) is 28.4. The van der Waals surface area contributed by atoms with Gasteiger partial charge in [-0.1, -0.05) is 11.6 Å². The van der Waals surface area contributed by atoms with Crippen LogP contribution >= 0.6 is 0 Å². The number of aliphatic carboxylic acids is 2. The fraction of sp³-hybridized carbons (Fsp3) is 0.640. The lowest BCUT2D eigenvalue weighted by Crippen LogP contribution is -2.50. The number of aliphatic hydroxyl groups is 1. The molecule has 0 bridgehead atoms. The maximum absolute atomic E-state index is 13.3. The van der Waals surface area contributed by atoms with Crippen LogP contribution in [0.4, 0.5) is 0 Å². The average molecular weight is 493 g/mol. The number of rotatable bonds is 11. The number of carbonyl (C=O) groups is 5. The summed E-state index contributed by atoms with van der Waals surface area (Å²) in [5, 5.41) is 28.7. The van der Waals surface area contributed by atoms with Gasteiger partial charge < -0.3 is 24.8 Å². The van der Waals surface area contributed by atoms with Crippen LogP contribution in [0.5, 0.6) is 0 Å². The van der Waals surface area contributed by atoms with Gasteiger partial charge in [-0.15, -0.1) is 0 Å². The molecule has 3 aliphatic rings. The van der Waals surface area contributed by atoms with Crippen molar-refractivity contribution >= 4 is 29.7 Å². The molecule has 1 fully saturated rings. The molecule has 192 valence electrons. The zero-order valence-electron chi connectivity index (χ0n) is 20.2. The molecule has 3 atom stereocenters. The molecule has 3 N–H and O–H groups in total. The van der Waals surface area contributed by atoms with E-state index in [0.29, 0.717) is 18.4 Å². The summed E-state index contributed by atoms with van der Waals surface area (Å²) in [6.45, 7) is 4.76. The molecule has 3 aliphatic carbocycles. The first kappa shape index (κ1) is 26.6. The predicted octanol–water partition coefficient (Wildman–Crippen LogP) is 2.33. The number of carbonyl (C=O) groups excluding carboxylic acids is 3. The fourth-order valence-corrected chi connectivity index (χ4v) is 5.21. The molecular weight excluding hydrogens is 460 g/mol. The van der Waals surface area contributed by atoms with Crippen LogP contribution in [0, 0.1) is 10.8 Å². The Bertz CT molecular complexity index is 1010. The van der Waals surface area contributed by atoms with E-state index < -0.39 is 52.2 Å². The standard InChI is InChI=1S/C25H32O10/c1-14-20-15(21(32)24(3,33)25(14)10-11-25)12-23(2,13-34-18(30)8-4-6-16(26)27)22(20)35-19(31)9-5-7-17(28)29/h12,22,33H,4-11,13H2,1-3H3,(H,26,27)(H,28,29)/t22?,23-,24-/m0/s1. The highest BCUT2D eigenvalue weighted by Crippen LogP contribution is 2.65. The van der Waals surface area contributed by atoms with Gasteiger partial charge in [0.25, 0.3) is 0 Å². The Morgan fingerprint density at radius 3 is 2.03 bits per heavy atom. The second-order valence-electron chi connectivity index (χ2n) is 10.1. The van der Waals surface area contributed by atoms with Gasteiger partial charge in [0, 0.05) is 42.2 Å². The van der Waals surface area contributed by atoms with E-state index in [1.807, 2.05) is 6.92 Å². The number of hydrogen-bond donors (Lipinski definition) is 3. The molecule has 0 radical (unpaired) electrons. The van der Waals surface area contributed by atoms with Gasteiger partial charge in [0.2, 0.25) is 0 Å². The molecule has 10 heteroatoms. The van der Waals surface area contributed by atoms with E-state index >= 15 is 0 Å². The Labute approximate surface area is 203 Å². The summed E-state index contributed by atoms with van der Waals surface area (Å²) in [4.78, 5) is 59.6. The molecule has 0 heterocycles. The van der Waals surface area contributed by atoms with E-state index in [4.69, 9.17) is 19.7 Å². The SMILES string of the molecule is CC1=C2C(=C[C@@](C)(COC(=O)CCCC(=O)O)C2OC(=O)CCCC(=O)O)C(=O)[C@](C)(O)C12CC2. The van der Waals surface area contributed by atoms with Crippen LogP contribution in [-0.2, 0) is 33.4 Å². The van der Waals surface area contributed by atoms with Crippen molar-refractivity contribution in [1.82, 2.24) is 0 Å². The van der Waals surface area contributed by atoms with Gasteiger partial charge in [0.05, 0.1) is 5.41 Å². The van der Waals surface area contributed by atoms with Gasteiger partial charge >= 0.3 is 23.9 Å². The van der Waals surface area contributed by atoms with Gasteiger partial charge in [-0.05, 0) is 46.5 Å². The first-order valence-corrected chi connectivity index (χ1v) is 11.8. The quantitative estimate of drug-likeness (QED) is 0.365. The van der Waals surface area contributed by atoms with E-state index in [2.05, 4.69) is 0 Å². The molecule has 0 aromatic heterocycles. The predicted molar refractivity (Wildman–Crippen MR) is 120 cm³/mol. The van der Waals surface area contributed by atoms with Crippen molar-refractivity contribution in [3.05, 3.63) is 22.8 Å². The summed E-state index contributed by atoms with van der Waals surface area (Å²) in [5.41, 5.74) is -1.95. The van der Waals surface area contributed by atoms with Crippen molar-refractivity contribution < 1.29 is 48.8 Å². The van der Waals surface area contributed by atoms with Gasteiger partial charge in [-0.3, -0.25) is 24.0 Å². The molecule has 1 spiro atoms. The molecule has 10 nitrogen and oxygen atoms in total. The zero-order chi connectivity index (χ0) is 26.2. The highest BCUT2D eigenvalue weighted by Gasteiger charge is 2.67. The number of ether oxygens (including phenoxy) is 2. The summed E-state index contributed by atoms with van der Waals surface area (Å²) in [7, 11) is 0. The lowest BCUT2D eigenvalue weighted by atomic mass is 9.67. The third kappa shape index (κ3) is 5.03. The summed E-state index contributed by atoms with van der Waals surface area (Å²) >= 11 is 0. The van der Waals surface area contributed by atoms with Gasteiger partial charge in [0.1, 0.15) is 18.3 Å². The average Bonchev–Trinajstić information content (AvgIpc) is 3.52. The second kappa shape index (κ2) is 9.56. The van der Waals surface area contributed by atoms with Crippen LogP contribution in [0.1, 0.15) is 72.1 Å². The van der Waals surface area contributed by atoms with Crippen molar-refractivity contribution in [2.75, 3.05) is 6.61 Å². The summed E-state index contributed by atoms with van der Waals surface area (Å²) in [5.74, 6) is -3.78. The van der Waals surface area contributed by atoms with Crippen LogP contribution in [0.25, 0.3) is 0 Å². The number of hydrogen-bond acceptors (Lipinski definition) is 8. The number of carboxylic acid groups (broad SMARTS) is 2. The molecule has 3 rings (SSSR count). The Balaban J connectivity index is 1.86. The monoisotopic (exact) mass is 492 g/mol. The van der Waals surface area contributed by atoms with Crippen LogP contribution in [-0.4, -0.2) is 63.3 Å². The highest BCUT2D eigenvalue weighted by atomic mass is 16.6. The van der Waals surface area contributed by atoms with E-state index in [9.17, 15) is 29.1 Å². The summed E-state index contributed by atoms with van der Waals surface area (Å²) in [6.07, 6.45) is 1.45. The minimum Gasteiger partial charge on any atom is -0.481 e. The lowest BCUT2D eigenvalue weighted by Gasteiger charge is -2.40. The van der Waals surface area contributed by atoms with E-state index in [1.54, 1.807) is 13.0 Å². The summed E-state index contributed by atoms with van der Waals surface area (Å²) in [6, 6.07) is 0. The van der Waals surface area contributed by atoms with Crippen molar-refractivity contribution in [2.24, 2.45) is 10.8 Å². The topological polar surface area (TPSA) is 164 Å². The third-order valence-corrected chi connectivity index (χ3v) is 7.45. The first-order valence-electron chi connectivity index (χ1n) is 11.8. The van der Waals surface area contributed by atoms with Crippen molar-refractivity contribution in [3.8, 4) is 0 Å². The number of esters is 2. The van der Waals surface area contributed by atoms with E-state index in [-0.39, 0.29) is 50.7 Å². The first-order chi connectivity index (χ1) is 16.2. The number of carboxylic acids is 2. The molecular formula is C25H32O10. The van der Waals surface area contributed by atoms with E-state index in [1.165, 1.54) is 6.92 Å². The Hall–Kier alpha value is -3.01. The van der Waals surface area contributed by atoms with Crippen LogP contribution in [0.3, 0.4) is 0 Å². The van der Waals surface area contributed by atoms with E-state index in [0.717, 1.165) is 5.57 Å². The maximum Gasteiger partial charge on any atom is 0.306 e. The molecule has 0 saturated heterocycles. The smallest absolute Gasteiger partial charge is 0.306 e. The fourth-order valence-electron chi connectivity index (χ4n) is 5.21. The number of fused-ring (bicyclic) bond motifs is 1. The Kier molecular flexibility index (Phi) is 7.26. The highest BCUT2D eigenvalue weighted by molar-refractivity contribution is 6.09. The van der Waals surface area contributed by atoms with Crippen molar-refractivity contribution in [2.45, 2.75) is 83.8 Å². The van der Waals surface area contributed by atoms with Crippen molar-refractivity contribution in [1.29, 1.82) is 0 Å². The Morgan fingerprint density at radius 2 is 1.51 bits per heavy atom. The largest absolute Gasteiger partial charge is 0.481 e. The second-order valence-corrected chi connectivity index (χ2v) is 10.1. The molecule has 0 aromatic rings. The number of ketones is 1. The van der Waals surface area contributed by atoms with Crippen LogP contribution in [0.2, 0.25) is 0 Å². The molecule has 0 aromatic carbocycles. The van der Waals surface area contributed by atoms with Crippen molar-refractivity contribution in [3.63, 3.8) is 0 Å². The Morgan fingerprint density at radius 1 is 0.971 bits per heavy atom. The zero-order valence-corrected chi connectivity index (χ0v) is 20.2. The summed E-state index contributed by atoms with van der Waals surface area (Å²) < 4.78 is 11.2. The minimum atomic E-state index is -1.61. The molecule has 0 aliphatic heterocycles. The molecule has 0 amide bonds. The molecule has 1 saturated carbocycles. The van der Waals surface area contributed by atoms with Gasteiger partial charge in [0.15, 0.2) is 5.78 Å². The molecule has 1 unspecified atom stereocenters. The number of Topliss-reactive ketones (excluding diaryl/α,β-unsaturated/α-hetero) is 1.